The highest BCUT2D eigenvalue weighted by Gasteiger charge is 1.96. The maximum atomic E-state index is 5.83. The molecular formula is C17H13ClN4. The van der Waals surface area contributed by atoms with Crippen LogP contribution in [0.15, 0.2) is 61.2 Å². The molecule has 2 aromatic carbocycles. The number of hydrogen-bond acceptors (Lipinski definition) is 3. The van der Waals surface area contributed by atoms with Gasteiger partial charge in [-0.3, -0.25) is 0 Å². The molecule has 3 aromatic rings. The van der Waals surface area contributed by atoms with Gasteiger partial charge in [-0.15, -0.1) is 0 Å². The first kappa shape index (κ1) is 14.2. The summed E-state index contributed by atoms with van der Waals surface area (Å²) in [4.78, 5) is 3.93. The van der Waals surface area contributed by atoms with Crippen LogP contribution in [-0.2, 0) is 0 Å². The fourth-order valence-corrected chi connectivity index (χ4v) is 2.03. The Balaban J connectivity index is 1.57. The zero-order chi connectivity index (χ0) is 15.2. The summed E-state index contributed by atoms with van der Waals surface area (Å²) < 4.78 is 1.71. The van der Waals surface area contributed by atoms with E-state index in [1.165, 1.54) is 6.33 Å². The second kappa shape index (κ2) is 6.79. The second-order valence-corrected chi connectivity index (χ2v) is 4.99. The van der Waals surface area contributed by atoms with E-state index in [2.05, 4.69) is 27.2 Å². The van der Waals surface area contributed by atoms with Gasteiger partial charge in [0.05, 0.1) is 12.2 Å². The van der Waals surface area contributed by atoms with E-state index in [0.29, 0.717) is 6.54 Å². The lowest BCUT2D eigenvalue weighted by Gasteiger charge is -2.04. The predicted molar refractivity (Wildman–Crippen MR) is 88.2 cm³/mol. The lowest BCUT2D eigenvalue weighted by molar-refractivity contribution is 0.879. The molecule has 22 heavy (non-hydrogen) atoms. The molecule has 4 nitrogen and oxygen atoms in total. The van der Waals surface area contributed by atoms with Gasteiger partial charge in [-0.25, -0.2) is 9.67 Å². The van der Waals surface area contributed by atoms with Gasteiger partial charge in [0.2, 0.25) is 0 Å². The quantitative estimate of drug-likeness (QED) is 0.754. The van der Waals surface area contributed by atoms with Gasteiger partial charge in [-0.1, -0.05) is 23.4 Å². The van der Waals surface area contributed by atoms with Crippen molar-refractivity contribution in [1.82, 2.24) is 14.8 Å². The van der Waals surface area contributed by atoms with Gasteiger partial charge in [0.25, 0.3) is 0 Å². The van der Waals surface area contributed by atoms with E-state index >= 15 is 0 Å². The molecule has 1 heterocycles. The third kappa shape index (κ3) is 3.66. The molecule has 3 rings (SSSR count). The van der Waals surface area contributed by atoms with Crippen LogP contribution in [0, 0.1) is 11.8 Å². The highest BCUT2D eigenvalue weighted by Crippen LogP contribution is 2.12. The molecule has 0 saturated heterocycles. The van der Waals surface area contributed by atoms with Crippen LogP contribution in [0.5, 0.6) is 0 Å². The SMILES string of the molecule is Clc1ccc(C#CCNc2ccc(-n3cncn3)cc2)cc1. The van der Waals surface area contributed by atoms with Crippen LogP contribution in [0.1, 0.15) is 5.56 Å². The Morgan fingerprint density at radius 3 is 2.50 bits per heavy atom. The van der Waals surface area contributed by atoms with Crippen molar-refractivity contribution < 1.29 is 0 Å². The van der Waals surface area contributed by atoms with Crippen molar-refractivity contribution in [2.24, 2.45) is 0 Å². The number of benzene rings is 2. The largest absolute Gasteiger partial charge is 0.374 e. The molecule has 0 aliphatic carbocycles. The minimum Gasteiger partial charge on any atom is -0.374 e. The van der Waals surface area contributed by atoms with Gasteiger partial charge >= 0.3 is 0 Å². The standard InChI is InChI=1S/C17H13ClN4/c18-15-5-3-14(4-6-15)2-1-11-20-16-7-9-17(10-8-16)22-13-19-12-21-22/h3-10,12-13,20H,11H2. The molecule has 0 unspecified atom stereocenters. The molecule has 0 fully saturated rings. The smallest absolute Gasteiger partial charge is 0.138 e. The first-order valence-corrected chi connectivity index (χ1v) is 7.12. The van der Waals surface area contributed by atoms with E-state index in [9.17, 15) is 0 Å². The molecule has 0 aliphatic rings. The molecule has 0 amide bonds. The Morgan fingerprint density at radius 2 is 1.82 bits per heavy atom. The molecule has 0 atom stereocenters. The molecule has 108 valence electrons. The van der Waals surface area contributed by atoms with Gasteiger partial charge in [-0.05, 0) is 48.5 Å². The average Bonchev–Trinajstić information content (AvgIpc) is 3.08. The molecule has 5 heteroatoms. The molecule has 1 aromatic heterocycles. The van der Waals surface area contributed by atoms with Crippen LogP contribution < -0.4 is 5.32 Å². The molecule has 0 aliphatic heterocycles. The molecular weight excluding hydrogens is 296 g/mol. The topological polar surface area (TPSA) is 42.7 Å². The summed E-state index contributed by atoms with van der Waals surface area (Å²) in [6.07, 6.45) is 3.18. The van der Waals surface area contributed by atoms with Crippen molar-refractivity contribution in [3.63, 3.8) is 0 Å². The van der Waals surface area contributed by atoms with E-state index < -0.39 is 0 Å². The van der Waals surface area contributed by atoms with Crippen LogP contribution in [0.2, 0.25) is 5.02 Å². The monoisotopic (exact) mass is 308 g/mol. The van der Waals surface area contributed by atoms with Crippen LogP contribution in [0.25, 0.3) is 5.69 Å². The van der Waals surface area contributed by atoms with Crippen LogP contribution in [-0.4, -0.2) is 21.3 Å². The first-order valence-electron chi connectivity index (χ1n) is 6.75. The Hall–Kier alpha value is -2.77. The summed E-state index contributed by atoms with van der Waals surface area (Å²) in [5.74, 6) is 6.16. The lowest BCUT2D eigenvalue weighted by Crippen LogP contribution is -1.99. The summed E-state index contributed by atoms with van der Waals surface area (Å²) in [6, 6.07) is 15.4. The zero-order valence-corrected chi connectivity index (χ0v) is 12.5. The van der Waals surface area contributed by atoms with Crippen molar-refractivity contribution in [3.8, 4) is 17.5 Å². The van der Waals surface area contributed by atoms with Gasteiger partial charge in [0.15, 0.2) is 0 Å². The predicted octanol–water partition coefficient (Wildman–Crippen LogP) is 3.38. The van der Waals surface area contributed by atoms with Crippen molar-refractivity contribution in [2.75, 3.05) is 11.9 Å². The number of hydrogen-bond donors (Lipinski definition) is 1. The van der Waals surface area contributed by atoms with E-state index in [-0.39, 0.29) is 0 Å². The van der Waals surface area contributed by atoms with Gasteiger partial charge in [-0.2, -0.15) is 5.10 Å². The highest BCUT2D eigenvalue weighted by molar-refractivity contribution is 6.30. The van der Waals surface area contributed by atoms with Crippen molar-refractivity contribution in [2.45, 2.75) is 0 Å². The molecule has 0 spiro atoms. The lowest BCUT2D eigenvalue weighted by atomic mass is 10.2. The first-order chi connectivity index (χ1) is 10.8. The van der Waals surface area contributed by atoms with E-state index in [1.54, 1.807) is 11.0 Å². The normalized spacial score (nSPS) is 9.86. The van der Waals surface area contributed by atoms with E-state index in [4.69, 9.17) is 11.6 Å². The van der Waals surface area contributed by atoms with E-state index in [1.807, 2.05) is 48.5 Å². The summed E-state index contributed by atoms with van der Waals surface area (Å²) >= 11 is 5.83. The third-order valence-electron chi connectivity index (χ3n) is 3.01. The Bertz CT molecular complexity index is 781. The fraction of sp³-hybridized carbons (Fsp3) is 0.0588. The van der Waals surface area contributed by atoms with Crippen LogP contribution >= 0.6 is 11.6 Å². The Morgan fingerprint density at radius 1 is 1.05 bits per heavy atom. The average molecular weight is 309 g/mol. The van der Waals surface area contributed by atoms with E-state index in [0.717, 1.165) is 22.0 Å². The maximum absolute atomic E-state index is 5.83. The number of rotatable bonds is 3. The van der Waals surface area contributed by atoms with Crippen molar-refractivity contribution in [3.05, 3.63) is 71.8 Å². The number of anilines is 1. The minimum atomic E-state index is 0.575. The number of nitrogens with zero attached hydrogens (tertiary/aromatic N) is 3. The minimum absolute atomic E-state index is 0.575. The Labute approximate surface area is 133 Å². The molecule has 0 bridgehead atoms. The van der Waals surface area contributed by atoms with Crippen LogP contribution in [0.3, 0.4) is 0 Å². The summed E-state index contributed by atoms with van der Waals surface area (Å²) in [5, 5.41) is 8.06. The molecule has 1 N–H and O–H groups in total. The summed E-state index contributed by atoms with van der Waals surface area (Å²) in [5.41, 5.74) is 2.93. The number of aromatic nitrogens is 3. The summed E-state index contributed by atoms with van der Waals surface area (Å²) in [7, 11) is 0. The number of halogens is 1. The maximum Gasteiger partial charge on any atom is 0.138 e. The fourth-order valence-electron chi connectivity index (χ4n) is 1.90. The number of nitrogens with one attached hydrogen (secondary N) is 1. The van der Waals surface area contributed by atoms with Crippen molar-refractivity contribution >= 4 is 17.3 Å². The molecule has 0 saturated carbocycles. The second-order valence-electron chi connectivity index (χ2n) is 4.55. The third-order valence-corrected chi connectivity index (χ3v) is 3.26. The zero-order valence-electron chi connectivity index (χ0n) is 11.7. The molecule has 0 radical (unpaired) electrons. The highest BCUT2D eigenvalue weighted by atomic mass is 35.5. The van der Waals surface area contributed by atoms with Crippen LogP contribution in [0.4, 0.5) is 5.69 Å². The Kier molecular flexibility index (Phi) is 4.38. The van der Waals surface area contributed by atoms with Gasteiger partial charge in [0.1, 0.15) is 12.7 Å². The van der Waals surface area contributed by atoms with Crippen molar-refractivity contribution in [1.29, 1.82) is 0 Å². The van der Waals surface area contributed by atoms with Gasteiger partial charge < -0.3 is 5.32 Å². The van der Waals surface area contributed by atoms with Gasteiger partial charge in [0, 0.05) is 16.3 Å². The summed E-state index contributed by atoms with van der Waals surface area (Å²) in [6.45, 7) is 0.575.